The number of benzene rings is 2. The van der Waals surface area contributed by atoms with E-state index in [1.807, 2.05) is 24.3 Å². The van der Waals surface area contributed by atoms with Crippen molar-refractivity contribution < 1.29 is 28.9 Å². The van der Waals surface area contributed by atoms with Crippen LogP contribution < -0.4 is 14.8 Å². The van der Waals surface area contributed by atoms with Gasteiger partial charge in [-0.2, -0.15) is 0 Å². The SMILES string of the molecule is COc1cc(CN2CCCC2)cc(OC)c1-c1ccc(C[C@H](NC(=O)C2(C)CCCO2)C(=O)O)cc1. The minimum atomic E-state index is -1.08. The van der Waals surface area contributed by atoms with Gasteiger partial charge in [-0.25, -0.2) is 4.79 Å². The number of methoxy groups -OCH3 is 2. The highest BCUT2D eigenvalue weighted by molar-refractivity contribution is 5.89. The van der Waals surface area contributed by atoms with E-state index in [9.17, 15) is 14.7 Å². The maximum Gasteiger partial charge on any atom is 0.326 e. The number of carbonyl (C=O) groups excluding carboxylic acids is 1. The molecule has 0 spiro atoms. The van der Waals surface area contributed by atoms with Crippen molar-refractivity contribution >= 4 is 11.9 Å². The Hall–Kier alpha value is -3.10. The van der Waals surface area contributed by atoms with E-state index in [0.717, 1.165) is 59.8 Å². The highest BCUT2D eigenvalue weighted by atomic mass is 16.5. The van der Waals surface area contributed by atoms with E-state index in [4.69, 9.17) is 14.2 Å². The van der Waals surface area contributed by atoms with Gasteiger partial charge in [0.2, 0.25) is 0 Å². The lowest BCUT2D eigenvalue weighted by Gasteiger charge is -2.24. The fourth-order valence-electron chi connectivity index (χ4n) is 5.05. The average molecular weight is 497 g/mol. The summed E-state index contributed by atoms with van der Waals surface area (Å²) >= 11 is 0. The van der Waals surface area contributed by atoms with Gasteiger partial charge in [0.15, 0.2) is 0 Å². The van der Waals surface area contributed by atoms with Crippen LogP contribution in [0.3, 0.4) is 0 Å². The molecule has 1 unspecified atom stereocenters. The summed E-state index contributed by atoms with van der Waals surface area (Å²) in [7, 11) is 3.31. The number of carbonyl (C=O) groups is 2. The number of rotatable bonds is 10. The van der Waals surface area contributed by atoms with Crippen LogP contribution in [0.4, 0.5) is 0 Å². The minimum absolute atomic E-state index is 0.167. The first-order valence-corrected chi connectivity index (χ1v) is 12.6. The van der Waals surface area contributed by atoms with E-state index in [0.29, 0.717) is 13.0 Å². The Kier molecular flexibility index (Phi) is 8.16. The van der Waals surface area contributed by atoms with Gasteiger partial charge >= 0.3 is 5.97 Å². The summed E-state index contributed by atoms with van der Waals surface area (Å²) in [5.74, 6) is 0.00651. The Labute approximate surface area is 212 Å². The number of aliphatic carboxylic acids is 1. The molecule has 0 bridgehead atoms. The number of carboxylic acids is 1. The van der Waals surface area contributed by atoms with Crippen molar-refractivity contribution in [2.45, 2.75) is 57.2 Å². The molecular weight excluding hydrogens is 460 g/mol. The summed E-state index contributed by atoms with van der Waals surface area (Å²) in [6.45, 7) is 5.30. The maximum absolute atomic E-state index is 12.7. The normalized spacial score (nSPS) is 20.8. The van der Waals surface area contributed by atoms with Crippen molar-refractivity contribution in [1.82, 2.24) is 10.2 Å². The first-order valence-electron chi connectivity index (χ1n) is 12.6. The molecule has 2 heterocycles. The number of ether oxygens (including phenoxy) is 3. The second-order valence-electron chi connectivity index (χ2n) is 9.81. The number of nitrogens with one attached hydrogen (secondary N) is 1. The number of hydrogen-bond acceptors (Lipinski definition) is 6. The van der Waals surface area contributed by atoms with Crippen LogP contribution in [-0.2, 0) is 27.3 Å². The summed E-state index contributed by atoms with van der Waals surface area (Å²) in [6.07, 6.45) is 4.01. The van der Waals surface area contributed by atoms with Crippen molar-refractivity contribution in [3.63, 3.8) is 0 Å². The molecule has 8 nitrogen and oxygen atoms in total. The van der Waals surface area contributed by atoms with E-state index in [2.05, 4.69) is 22.3 Å². The molecule has 194 valence electrons. The molecule has 0 aromatic heterocycles. The van der Waals surface area contributed by atoms with Gasteiger partial charge in [-0.1, -0.05) is 24.3 Å². The fraction of sp³-hybridized carbons (Fsp3) is 0.500. The highest BCUT2D eigenvalue weighted by Crippen LogP contribution is 2.40. The molecule has 4 rings (SSSR count). The molecule has 2 aromatic carbocycles. The first kappa shape index (κ1) is 26.0. The molecule has 1 amide bonds. The van der Waals surface area contributed by atoms with Crippen LogP contribution in [0, 0.1) is 0 Å². The van der Waals surface area contributed by atoms with E-state index in [-0.39, 0.29) is 12.3 Å². The second-order valence-corrected chi connectivity index (χ2v) is 9.81. The molecule has 2 aliphatic rings. The summed E-state index contributed by atoms with van der Waals surface area (Å²) in [5, 5.41) is 12.4. The predicted molar refractivity (Wildman–Crippen MR) is 136 cm³/mol. The van der Waals surface area contributed by atoms with Crippen molar-refractivity contribution in [2.24, 2.45) is 0 Å². The van der Waals surface area contributed by atoms with Crippen molar-refractivity contribution in [3.8, 4) is 22.6 Å². The summed E-state index contributed by atoms with van der Waals surface area (Å²) in [5.41, 5.74) is 2.73. The minimum Gasteiger partial charge on any atom is -0.496 e. The lowest BCUT2D eigenvalue weighted by atomic mass is 9.97. The van der Waals surface area contributed by atoms with E-state index >= 15 is 0 Å². The topological polar surface area (TPSA) is 97.3 Å². The molecule has 0 radical (unpaired) electrons. The zero-order chi connectivity index (χ0) is 25.7. The third kappa shape index (κ3) is 5.82. The van der Waals surface area contributed by atoms with Gasteiger partial charge in [-0.3, -0.25) is 9.69 Å². The molecule has 36 heavy (non-hydrogen) atoms. The Bertz CT molecular complexity index is 1050. The molecule has 2 saturated heterocycles. The van der Waals surface area contributed by atoms with Crippen LogP contribution in [0.1, 0.15) is 43.7 Å². The number of hydrogen-bond donors (Lipinski definition) is 2. The zero-order valence-electron chi connectivity index (χ0n) is 21.3. The number of carboxylic acid groups (broad SMARTS) is 1. The van der Waals surface area contributed by atoms with Crippen LogP contribution in [-0.4, -0.2) is 67.4 Å². The van der Waals surface area contributed by atoms with Crippen LogP contribution in [0.25, 0.3) is 11.1 Å². The Morgan fingerprint density at radius 2 is 1.69 bits per heavy atom. The smallest absolute Gasteiger partial charge is 0.326 e. The van der Waals surface area contributed by atoms with Crippen LogP contribution in [0.15, 0.2) is 36.4 Å². The molecular formula is C28H36N2O6. The molecule has 2 atom stereocenters. The number of amides is 1. The van der Waals surface area contributed by atoms with Gasteiger partial charge in [-0.05, 0) is 74.5 Å². The summed E-state index contributed by atoms with van der Waals surface area (Å²) < 4.78 is 17.0. The molecule has 0 saturated carbocycles. The summed E-state index contributed by atoms with van der Waals surface area (Å²) in [6, 6.07) is 10.7. The van der Waals surface area contributed by atoms with Gasteiger partial charge < -0.3 is 24.6 Å². The largest absolute Gasteiger partial charge is 0.496 e. The van der Waals surface area contributed by atoms with E-state index in [1.165, 1.54) is 12.8 Å². The zero-order valence-corrected chi connectivity index (χ0v) is 21.3. The van der Waals surface area contributed by atoms with Crippen LogP contribution in [0.5, 0.6) is 11.5 Å². The van der Waals surface area contributed by atoms with Crippen LogP contribution >= 0.6 is 0 Å². The molecule has 0 aliphatic carbocycles. The molecule has 2 fully saturated rings. The first-order chi connectivity index (χ1) is 17.3. The lowest BCUT2D eigenvalue weighted by molar-refractivity contribution is -0.147. The fourth-order valence-corrected chi connectivity index (χ4v) is 5.05. The predicted octanol–water partition coefficient (Wildman–Crippen LogP) is 3.65. The Morgan fingerprint density at radius 3 is 2.22 bits per heavy atom. The van der Waals surface area contributed by atoms with Gasteiger partial charge in [0.05, 0.1) is 19.8 Å². The van der Waals surface area contributed by atoms with E-state index < -0.39 is 17.6 Å². The van der Waals surface area contributed by atoms with Gasteiger partial charge in [0.25, 0.3) is 5.91 Å². The lowest BCUT2D eigenvalue weighted by Crippen LogP contribution is -2.51. The summed E-state index contributed by atoms with van der Waals surface area (Å²) in [4.78, 5) is 27.0. The number of likely N-dealkylation sites (tertiary alicyclic amines) is 1. The average Bonchev–Trinajstić information content (AvgIpc) is 3.56. The Balaban J connectivity index is 1.51. The molecule has 2 N–H and O–H groups in total. The molecule has 2 aromatic rings. The van der Waals surface area contributed by atoms with Gasteiger partial charge in [0, 0.05) is 19.6 Å². The molecule has 8 heteroatoms. The van der Waals surface area contributed by atoms with Gasteiger partial charge in [0.1, 0.15) is 23.1 Å². The maximum atomic E-state index is 12.7. The second kappa shape index (κ2) is 11.3. The quantitative estimate of drug-likeness (QED) is 0.518. The third-order valence-corrected chi connectivity index (χ3v) is 7.16. The Morgan fingerprint density at radius 1 is 1.06 bits per heavy atom. The van der Waals surface area contributed by atoms with Crippen LogP contribution in [0.2, 0.25) is 0 Å². The van der Waals surface area contributed by atoms with Crippen molar-refractivity contribution in [3.05, 3.63) is 47.5 Å². The van der Waals surface area contributed by atoms with Crippen molar-refractivity contribution in [1.29, 1.82) is 0 Å². The highest BCUT2D eigenvalue weighted by Gasteiger charge is 2.39. The number of nitrogens with zero attached hydrogens (tertiary/aromatic N) is 1. The third-order valence-electron chi connectivity index (χ3n) is 7.16. The van der Waals surface area contributed by atoms with Gasteiger partial charge in [-0.15, -0.1) is 0 Å². The standard InChI is InChI=1S/C28H36N2O6/c1-28(11-6-14-36-28)27(33)29-22(26(31)32)15-19-7-9-21(10-8-19)25-23(34-2)16-20(17-24(25)35-3)18-30-12-4-5-13-30/h7-10,16-17,22H,4-6,11-15,18H2,1-3H3,(H,29,33)(H,31,32)/t22-,28?/m0/s1. The van der Waals surface area contributed by atoms with E-state index in [1.54, 1.807) is 21.1 Å². The van der Waals surface area contributed by atoms with Crippen molar-refractivity contribution in [2.75, 3.05) is 33.9 Å². The monoisotopic (exact) mass is 496 g/mol. The molecule has 2 aliphatic heterocycles.